The Kier molecular flexibility index (Phi) is 4.10. The van der Waals surface area contributed by atoms with E-state index in [1.807, 2.05) is 61.5 Å². The minimum atomic E-state index is -0.263. The van der Waals surface area contributed by atoms with Gasteiger partial charge in [-0.2, -0.15) is 0 Å². The summed E-state index contributed by atoms with van der Waals surface area (Å²) >= 11 is 0. The van der Waals surface area contributed by atoms with Gasteiger partial charge in [-0.15, -0.1) is 0 Å². The Hall–Kier alpha value is -2.75. The monoisotopic (exact) mass is 292 g/mol. The Morgan fingerprint density at radius 1 is 0.955 bits per heavy atom. The molecule has 0 aliphatic rings. The number of para-hydroxylation sites is 2. The number of carbonyl (C=O) groups is 1. The van der Waals surface area contributed by atoms with Gasteiger partial charge in [0, 0.05) is 0 Å². The first-order chi connectivity index (χ1) is 10.7. The van der Waals surface area contributed by atoms with Crippen molar-refractivity contribution < 1.29 is 9.53 Å². The van der Waals surface area contributed by atoms with Gasteiger partial charge < -0.3 is 4.74 Å². The third kappa shape index (κ3) is 3.28. The molecule has 4 heteroatoms. The maximum atomic E-state index is 11.9. The van der Waals surface area contributed by atoms with E-state index < -0.39 is 0 Å². The van der Waals surface area contributed by atoms with Crippen LogP contribution in [0.25, 0.3) is 11.0 Å². The fraction of sp³-hybridized carbons (Fsp3) is 0.167. The summed E-state index contributed by atoms with van der Waals surface area (Å²) in [6.45, 7) is 2.02. The van der Waals surface area contributed by atoms with E-state index in [0.717, 1.165) is 22.3 Å². The van der Waals surface area contributed by atoms with Crippen LogP contribution in [0, 0.1) is 6.92 Å². The van der Waals surface area contributed by atoms with Crippen LogP contribution >= 0.6 is 0 Å². The van der Waals surface area contributed by atoms with Crippen LogP contribution < -0.4 is 0 Å². The van der Waals surface area contributed by atoms with Crippen LogP contribution in [-0.4, -0.2) is 15.9 Å². The van der Waals surface area contributed by atoms with E-state index in [2.05, 4.69) is 9.97 Å². The van der Waals surface area contributed by atoms with E-state index in [1.165, 1.54) is 0 Å². The molecule has 0 spiro atoms. The molecule has 0 amide bonds. The average Bonchev–Trinajstić information content (AvgIpc) is 2.54. The van der Waals surface area contributed by atoms with Crippen molar-refractivity contribution in [2.75, 3.05) is 0 Å². The second kappa shape index (κ2) is 6.35. The van der Waals surface area contributed by atoms with Gasteiger partial charge in [0.15, 0.2) is 0 Å². The van der Waals surface area contributed by atoms with E-state index >= 15 is 0 Å². The molecule has 0 saturated heterocycles. The van der Waals surface area contributed by atoms with Crippen molar-refractivity contribution in [2.45, 2.75) is 20.0 Å². The zero-order chi connectivity index (χ0) is 15.4. The molecule has 0 saturated carbocycles. The summed E-state index contributed by atoms with van der Waals surface area (Å²) in [6.07, 6.45) is 0.265. The number of nitrogens with zero attached hydrogens (tertiary/aromatic N) is 2. The highest BCUT2D eigenvalue weighted by atomic mass is 16.5. The smallest absolute Gasteiger partial charge is 0.310 e. The second-order valence-corrected chi connectivity index (χ2v) is 5.07. The molecule has 2 aromatic carbocycles. The normalized spacial score (nSPS) is 10.6. The van der Waals surface area contributed by atoms with Crippen LogP contribution in [0.4, 0.5) is 0 Å². The Morgan fingerprint density at radius 3 is 2.32 bits per heavy atom. The third-order valence-electron chi connectivity index (χ3n) is 3.40. The van der Waals surface area contributed by atoms with Gasteiger partial charge in [0.2, 0.25) is 0 Å². The Balaban J connectivity index is 1.68. The number of esters is 1. The third-order valence-corrected chi connectivity index (χ3v) is 3.40. The van der Waals surface area contributed by atoms with Gasteiger partial charge >= 0.3 is 5.97 Å². The first-order valence-corrected chi connectivity index (χ1v) is 7.14. The van der Waals surface area contributed by atoms with E-state index in [4.69, 9.17) is 4.74 Å². The SMILES string of the molecule is Cc1nc2ccccc2nc1COC(=O)Cc1ccccc1. The van der Waals surface area contributed by atoms with E-state index in [9.17, 15) is 4.79 Å². The van der Waals surface area contributed by atoms with Crippen molar-refractivity contribution in [2.24, 2.45) is 0 Å². The number of aromatic nitrogens is 2. The first kappa shape index (κ1) is 14.2. The zero-order valence-electron chi connectivity index (χ0n) is 12.3. The molecule has 1 heterocycles. The van der Waals surface area contributed by atoms with Gasteiger partial charge in [-0.3, -0.25) is 4.79 Å². The van der Waals surface area contributed by atoms with Gasteiger partial charge in [0.05, 0.1) is 28.8 Å². The van der Waals surface area contributed by atoms with Crippen LogP contribution in [0.15, 0.2) is 54.6 Å². The molecule has 110 valence electrons. The minimum Gasteiger partial charge on any atom is -0.459 e. The summed E-state index contributed by atoms with van der Waals surface area (Å²) in [5.74, 6) is -0.263. The largest absolute Gasteiger partial charge is 0.459 e. The predicted octanol–water partition coefficient (Wildman–Crippen LogP) is 3.22. The second-order valence-electron chi connectivity index (χ2n) is 5.07. The van der Waals surface area contributed by atoms with Gasteiger partial charge in [-0.05, 0) is 24.6 Å². The lowest BCUT2D eigenvalue weighted by Gasteiger charge is -2.08. The molecule has 0 aliphatic carbocycles. The number of carbonyl (C=O) groups excluding carboxylic acids is 1. The molecular formula is C18H16N2O2. The van der Waals surface area contributed by atoms with Crippen molar-refractivity contribution in [1.82, 2.24) is 9.97 Å². The number of aryl methyl sites for hydroxylation is 1. The lowest BCUT2D eigenvalue weighted by molar-refractivity contribution is -0.144. The van der Waals surface area contributed by atoms with Crippen LogP contribution in [0.1, 0.15) is 17.0 Å². The van der Waals surface area contributed by atoms with Crippen molar-refractivity contribution in [3.05, 3.63) is 71.5 Å². The van der Waals surface area contributed by atoms with Crippen LogP contribution in [0.5, 0.6) is 0 Å². The topological polar surface area (TPSA) is 52.1 Å². The molecule has 4 nitrogen and oxygen atoms in total. The highest BCUT2D eigenvalue weighted by Gasteiger charge is 2.09. The number of rotatable bonds is 4. The molecule has 0 N–H and O–H groups in total. The number of hydrogen-bond donors (Lipinski definition) is 0. The fourth-order valence-electron chi connectivity index (χ4n) is 2.22. The Morgan fingerprint density at radius 2 is 1.59 bits per heavy atom. The zero-order valence-corrected chi connectivity index (χ0v) is 12.3. The number of ether oxygens (including phenoxy) is 1. The molecule has 1 aromatic heterocycles. The highest BCUT2D eigenvalue weighted by Crippen LogP contribution is 2.13. The summed E-state index contributed by atoms with van der Waals surface area (Å²) in [5, 5.41) is 0. The molecule has 0 aliphatic heterocycles. The van der Waals surface area contributed by atoms with E-state index in [1.54, 1.807) is 0 Å². The standard InChI is InChI=1S/C18H16N2O2/c1-13-17(20-16-10-6-5-9-15(16)19-13)12-22-18(21)11-14-7-3-2-4-8-14/h2-10H,11-12H2,1H3. The van der Waals surface area contributed by atoms with Gasteiger partial charge in [0.25, 0.3) is 0 Å². The van der Waals surface area contributed by atoms with Crippen molar-refractivity contribution >= 4 is 17.0 Å². The number of fused-ring (bicyclic) bond motifs is 1. The van der Waals surface area contributed by atoms with Gasteiger partial charge in [0.1, 0.15) is 6.61 Å². The molecule has 22 heavy (non-hydrogen) atoms. The number of benzene rings is 2. The van der Waals surface area contributed by atoms with Crippen molar-refractivity contribution in [1.29, 1.82) is 0 Å². The average molecular weight is 292 g/mol. The summed E-state index contributed by atoms with van der Waals surface area (Å²) in [4.78, 5) is 20.9. The van der Waals surface area contributed by atoms with E-state index in [0.29, 0.717) is 5.69 Å². The molecule has 0 radical (unpaired) electrons. The van der Waals surface area contributed by atoms with Gasteiger partial charge in [-0.25, -0.2) is 9.97 Å². The molecule has 0 unspecified atom stereocenters. The summed E-state index contributed by atoms with van der Waals surface area (Å²) < 4.78 is 5.32. The molecule has 0 fully saturated rings. The maximum absolute atomic E-state index is 11.9. The summed E-state index contributed by atoms with van der Waals surface area (Å²) in [6, 6.07) is 17.2. The highest BCUT2D eigenvalue weighted by molar-refractivity contribution is 5.74. The van der Waals surface area contributed by atoms with Crippen molar-refractivity contribution in [3.8, 4) is 0 Å². The molecular weight excluding hydrogens is 276 g/mol. The van der Waals surface area contributed by atoms with Crippen LogP contribution in [0.2, 0.25) is 0 Å². The fourth-order valence-corrected chi connectivity index (χ4v) is 2.22. The predicted molar refractivity (Wildman–Crippen MR) is 84.2 cm³/mol. The molecule has 3 rings (SSSR count). The lowest BCUT2D eigenvalue weighted by Crippen LogP contribution is -2.10. The number of hydrogen-bond acceptors (Lipinski definition) is 4. The summed E-state index contributed by atoms with van der Waals surface area (Å²) in [7, 11) is 0. The molecule has 3 aromatic rings. The first-order valence-electron chi connectivity index (χ1n) is 7.14. The van der Waals surface area contributed by atoms with E-state index in [-0.39, 0.29) is 19.0 Å². The quantitative estimate of drug-likeness (QED) is 0.693. The van der Waals surface area contributed by atoms with Crippen molar-refractivity contribution in [3.63, 3.8) is 0 Å². The van der Waals surface area contributed by atoms with Gasteiger partial charge in [-0.1, -0.05) is 42.5 Å². The van der Waals surface area contributed by atoms with Crippen LogP contribution in [-0.2, 0) is 22.6 Å². The lowest BCUT2D eigenvalue weighted by atomic mass is 10.2. The Labute approximate surface area is 128 Å². The molecule has 0 atom stereocenters. The summed E-state index contributed by atoms with van der Waals surface area (Å²) in [5.41, 5.74) is 4.07. The van der Waals surface area contributed by atoms with Crippen LogP contribution in [0.3, 0.4) is 0 Å². The molecule has 0 bridgehead atoms. The minimum absolute atomic E-state index is 0.148. The maximum Gasteiger partial charge on any atom is 0.310 e. The Bertz CT molecular complexity index is 801.